The lowest BCUT2D eigenvalue weighted by Crippen LogP contribution is -2.78. The van der Waals surface area contributed by atoms with Gasteiger partial charge in [-0.2, -0.15) is 43.9 Å². The number of esters is 1. The van der Waals surface area contributed by atoms with Crippen LogP contribution in [-0.2, 0) is 14.3 Å². The van der Waals surface area contributed by atoms with Crippen LogP contribution in [0.3, 0.4) is 0 Å². The van der Waals surface area contributed by atoms with Crippen molar-refractivity contribution in [1.82, 2.24) is 0 Å². The topological polar surface area (TPSA) is 55.8 Å². The predicted molar refractivity (Wildman–Crippen MR) is 61.1 cm³/mol. The molecule has 14 heteroatoms. The Kier molecular flexibility index (Phi) is 4.94. The minimum Gasteiger partial charge on any atom is -0.445 e. The Morgan fingerprint density at radius 2 is 1.46 bits per heavy atom. The van der Waals surface area contributed by atoms with Crippen molar-refractivity contribution in [2.24, 2.45) is 0 Å². The fourth-order valence-electron chi connectivity index (χ4n) is 1.94. The van der Waals surface area contributed by atoms with Gasteiger partial charge < -0.3 is 14.6 Å². The van der Waals surface area contributed by atoms with Crippen LogP contribution in [0.2, 0.25) is 0 Å². The van der Waals surface area contributed by atoms with E-state index >= 15 is 0 Å². The number of alkyl halides is 10. The number of aliphatic hydroxyl groups is 1. The van der Waals surface area contributed by atoms with Crippen molar-refractivity contribution in [3.05, 3.63) is 12.2 Å². The van der Waals surface area contributed by atoms with Gasteiger partial charge in [0.15, 0.2) is 0 Å². The van der Waals surface area contributed by atoms with Gasteiger partial charge in [0.25, 0.3) is 0 Å². The largest absolute Gasteiger partial charge is 0.445 e. The molecule has 0 amide bonds. The van der Waals surface area contributed by atoms with Crippen LogP contribution in [-0.4, -0.2) is 52.8 Å². The van der Waals surface area contributed by atoms with Crippen molar-refractivity contribution in [1.29, 1.82) is 0 Å². The first-order valence-corrected chi connectivity index (χ1v) is 6.35. The molecular weight excluding hydrogens is 398 g/mol. The molecule has 0 aliphatic carbocycles. The Labute approximate surface area is 138 Å². The predicted octanol–water partition coefficient (Wildman–Crippen LogP) is 3.35. The lowest BCUT2D eigenvalue weighted by molar-refractivity contribution is -0.488. The number of halogens is 10. The Balaban J connectivity index is 3.50. The summed E-state index contributed by atoms with van der Waals surface area (Å²) in [5.74, 6) is -18.4. The fourth-order valence-corrected chi connectivity index (χ4v) is 1.94. The molecule has 4 nitrogen and oxygen atoms in total. The number of ether oxygens (including phenoxy) is 2. The van der Waals surface area contributed by atoms with Gasteiger partial charge in [-0.3, -0.25) is 0 Å². The lowest BCUT2D eigenvalue weighted by atomic mass is 9.82. The maximum absolute atomic E-state index is 14.1. The minimum absolute atomic E-state index is 0.147. The monoisotopic (exact) mass is 408 g/mol. The summed E-state index contributed by atoms with van der Waals surface area (Å²) < 4.78 is 139. The molecule has 152 valence electrons. The van der Waals surface area contributed by atoms with E-state index in [1.807, 2.05) is 0 Å². The summed E-state index contributed by atoms with van der Waals surface area (Å²) in [6.07, 6.45) is -16.1. The van der Waals surface area contributed by atoms with Crippen LogP contribution in [0, 0.1) is 0 Å². The maximum Gasteiger partial charge on any atom is 0.423 e. The highest BCUT2D eigenvalue weighted by Gasteiger charge is 2.84. The normalized spacial score (nSPS) is 34.3. The van der Waals surface area contributed by atoms with E-state index in [1.54, 1.807) is 0 Å². The van der Waals surface area contributed by atoms with Crippen LogP contribution in [0.4, 0.5) is 43.9 Å². The van der Waals surface area contributed by atoms with Crippen LogP contribution in [0.1, 0.15) is 13.8 Å². The Morgan fingerprint density at radius 1 is 1.04 bits per heavy atom. The van der Waals surface area contributed by atoms with E-state index in [9.17, 15) is 53.8 Å². The average molecular weight is 408 g/mol. The van der Waals surface area contributed by atoms with Crippen molar-refractivity contribution < 1.29 is 63.3 Å². The molecule has 0 saturated carbocycles. The zero-order valence-electron chi connectivity index (χ0n) is 12.7. The smallest absolute Gasteiger partial charge is 0.423 e. The molecule has 26 heavy (non-hydrogen) atoms. The summed E-state index contributed by atoms with van der Waals surface area (Å²) in [6.45, 7) is 1.52. The summed E-state index contributed by atoms with van der Waals surface area (Å²) in [7, 11) is 0. The second kappa shape index (κ2) is 5.71. The highest BCUT2D eigenvalue weighted by molar-refractivity contribution is 5.89. The molecule has 1 fully saturated rings. The van der Waals surface area contributed by atoms with E-state index in [2.05, 4.69) is 16.1 Å². The molecule has 1 heterocycles. The molecule has 1 N–H and O–H groups in total. The molecule has 0 aromatic rings. The quantitative estimate of drug-likeness (QED) is 0.433. The van der Waals surface area contributed by atoms with Crippen molar-refractivity contribution >= 4 is 5.97 Å². The number of carbonyl (C=O) groups is 1. The summed E-state index contributed by atoms with van der Waals surface area (Å²) in [4.78, 5) is 11.2. The van der Waals surface area contributed by atoms with Crippen LogP contribution < -0.4 is 0 Å². The molecule has 0 spiro atoms. The van der Waals surface area contributed by atoms with Gasteiger partial charge in [0.2, 0.25) is 17.5 Å². The summed E-state index contributed by atoms with van der Waals surface area (Å²) in [5, 5.41) is 9.37. The molecule has 1 aliphatic rings. The van der Waals surface area contributed by atoms with Gasteiger partial charge in [-0.25, -0.2) is 4.79 Å². The van der Waals surface area contributed by atoms with Gasteiger partial charge in [-0.15, -0.1) is 0 Å². The van der Waals surface area contributed by atoms with Crippen molar-refractivity contribution in [2.75, 3.05) is 0 Å². The molecule has 1 rings (SSSR count). The van der Waals surface area contributed by atoms with E-state index in [0.29, 0.717) is 0 Å². The van der Waals surface area contributed by atoms with Crippen molar-refractivity contribution in [3.8, 4) is 0 Å². The molecule has 1 aliphatic heterocycles. The van der Waals surface area contributed by atoms with Gasteiger partial charge in [0, 0.05) is 0 Å². The molecule has 1 saturated heterocycles. The molecule has 3 atom stereocenters. The van der Waals surface area contributed by atoms with Crippen molar-refractivity contribution in [2.45, 2.75) is 55.5 Å². The van der Waals surface area contributed by atoms with E-state index in [-0.39, 0.29) is 6.92 Å². The average Bonchev–Trinajstić information content (AvgIpc) is 2.38. The van der Waals surface area contributed by atoms with Crippen LogP contribution in [0.15, 0.2) is 12.2 Å². The molecule has 0 bridgehead atoms. The minimum atomic E-state index is -6.09. The van der Waals surface area contributed by atoms with E-state index in [1.165, 1.54) is 0 Å². The second-order valence-corrected chi connectivity index (χ2v) is 5.62. The standard InChI is InChI=1S/C12H10F10O4/c1-4(11(17,18)19)5(23)25-6-9(13,14)7(2,12(20,21)22)26-8(3,24)10(6,15)16/h6,24H,1H2,2-3H3. The van der Waals surface area contributed by atoms with E-state index < -0.39 is 60.2 Å². The zero-order valence-corrected chi connectivity index (χ0v) is 12.7. The molecular formula is C12H10F10O4. The lowest BCUT2D eigenvalue weighted by Gasteiger charge is -2.53. The molecule has 0 radical (unpaired) electrons. The first-order valence-electron chi connectivity index (χ1n) is 6.35. The SMILES string of the molecule is C=C(C(=O)OC1C(F)(F)C(C)(O)OC(C)(C(F)(F)F)C1(F)F)C(F)(F)F. The van der Waals surface area contributed by atoms with Gasteiger partial charge in [0.1, 0.15) is 5.57 Å². The third-order valence-corrected chi connectivity index (χ3v) is 3.67. The summed E-state index contributed by atoms with van der Waals surface area (Å²) in [5.41, 5.74) is -7.35. The van der Waals surface area contributed by atoms with Gasteiger partial charge in [-0.05, 0) is 13.8 Å². The summed E-state index contributed by atoms with van der Waals surface area (Å²) >= 11 is 0. The van der Waals surface area contributed by atoms with E-state index in [0.717, 1.165) is 0 Å². The third-order valence-electron chi connectivity index (χ3n) is 3.67. The Hall–Kier alpha value is -1.57. The van der Waals surface area contributed by atoms with E-state index in [4.69, 9.17) is 0 Å². The van der Waals surface area contributed by atoms with Crippen LogP contribution >= 0.6 is 0 Å². The van der Waals surface area contributed by atoms with Crippen LogP contribution in [0.5, 0.6) is 0 Å². The molecule has 0 aromatic carbocycles. The fraction of sp³-hybridized carbons (Fsp3) is 0.750. The summed E-state index contributed by atoms with van der Waals surface area (Å²) in [6, 6.07) is 0. The molecule has 0 aromatic heterocycles. The van der Waals surface area contributed by atoms with Gasteiger partial charge in [0.05, 0.1) is 0 Å². The highest BCUT2D eigenvalue weighted by Crippen LogP contribution is 2.58. The number of carbonyl (C=O) groups excluding carboxylic acids is 1. The Morgan fingerprint density at radius 3 is 1.81 bits per heavy atom. The maximum atomic E-state index is 14.1. The van der Waals surface area contributed by atoms with Crippen molar-refractivity contribution in [3.63, 3.8) is 0 Å². The first-order chi connectivity index (χ1) is 11.1. The molecule has 3 unspecified atom stereocenters. The Bertz CT molecular complexity index is 606. The highest BCUT2D eigenvalue weighted by atomic mass is 19.4. The zero-order chi connectivity index (χ0) is 21.1. The first kappa shape index (κ1) is 22.5. The number of hydrogen-bond donors (Lipinski definition) is 1. The van der Waals surface area contributed by atoms with Crippen LogP contribution in [0.25, 0.3) is 0 Å². The number of rotatable bonds is 2. The second-order valence-electron chi connectivity index (χ2n) is 5.62. The van der Waals surface area contributed by atoms with Gasteiger partial charge >= 0.3 is 30.2 Å². The van der Waals surface area contributed by atoms with Gasteiger partial charge in [-0.1, -0.05) is 6.58 Å². The number of hydrogen-bond acceptors (Lipinski definition) is 4. The third kappa shape index (κ3) is 3.12.